The first-order valence-electron chi connectivity index (χ1n) is 6.50. The van der Waals surface area contributed by atoms with Crippen LogP contribution in [0.3, 0.4) is 0 Å². The number of benzene rings is 1. The lowest BCUT2D eigenvalue weighted by Crippen LogP contribution is -2.15. The maximum absolute atomic E-state index is 13.1. The van der Waals surface area contributed by atoms with Crippen LogP contribution in [0.5, 0.6) is 0 Å². The van der Waals surface area contributed by atoms with Gasteiger partial charge in [-0.25, -0.2) is 0 Å². The fourth-order valence-corrected chi connectivity index (χ4v) is 3.86. The Morgan fingerprint density at radius 1 is 1.14 bits per heavy atom. The number of aromatic nitrogens is 1. The predicted octanol–water partition coefficient (Wildman–Crippen LogP) is 2.39. The highest BCUT2D eigenvalue weighted by atomic mass is 31.2. The van der Waals surface area contributed by atoms with Crippen LogP contribution < -0.4 is 10.2 Å². The SMILES string of the molecule is CO[P@@](=O)(c1ccc(N(C)C)cc1)[C@H](O)c1ccncc1. The van der Waals surface area contributed by atoms with Gasteiger partial charge in [0, 0.05) is 44.6 Å². The average Bonchev–Trinajstić information content (AvgIpc) is 2.54. The summed E-state index contributed by atoms with van der Waals surface area (Å²) in [6, 6.07) is 10.4. The second-order valence-corrected chi connectivity index (χ2v) is 7.41. The second-order valence-electron chi connectivity index (χ2n) is 4.84. The molecule has 0 aliphatic heterocycles. The number of nitrogens with zero attached hydrogens (tertiary/aromatic N) is 2. The van der Waals surface area contributed by atoms with Crippen molar-refractivity contribution in [2.45, 2.75) is 5.85 Å². The Labute approximate surface area is 124 Å². The monoisotopic (exact) mass is 306 g/mol. The van der Waals surface area contributed by atoms with E-state index in [2.05, 4.69) is 4.98 Å². The summed E-state index contributed by atoms with van der Waals surface area (Å²) >= 11 is 0. The predicted molar refractivity (Wildman–Crippen MR) is 84.2 cm³/mol. The minimum Gasteiger partial charge on any atom is -0.378 e. The highest BCUT2D eigenvalue weighted by Crippen LogP contribution is 2.56. The quantitative estimate of drug-likeness (QED) is 0.859. The van der Waals surface area contributed by atoms with Crippen molar-refractivity contribution in [1.82, 2.24) is 4.98 Å². The van der Waals surface area contributed by atoms with Crippen LogP contribution in [0.1, 0.15) is 11.4 Å². The molecular weight excluding hydrogens is 287 g/mol. The summed E-state index contributed by atoms with van der Waals surface area (Å²) in [5.74, 6) is -1.21. The van der Waals surface area contributed by atoms with Crippen LogP contribution in [0.15, 0.2) is 48.8 Å². The van der Waals surface area contributed by atoms with Gasteiger partial charge in [-0.1, -0.05) is 0 Å². The normalized spacial score (nSPS) is 15.2. The van der Waals surface area contributed by atoms with E-state index in [1.165, 1.54) is 7.11 Å². The summed E-state index contributed by atoms with van der Waals surface area (Å²) in [7, 11) is 1.80. The van der Waals surface area contributed by atoms with Crippen molar-refractivity contribution in [1.29, 1.82) is 0 Å². The average molecular weight is 306 g/mol. The van der Waals surface area contributed by atoms with Crippen molar-refractivity contribution in [3.05, 3.63) is 54.4 Å². The molecule has 0 aliphatic rings. The van der Waals surface area contributed by atoms with Gasteiger partial charge in [0.2, 0.25) is 0 Å². The van der Waals surface area contributed by atoms with Gasteiger partial charge >= 0.3 is 0 Å². The zero-order chi connectivity index (χ0) is 15.5. The van der Waals surface area contributed by atoms with Crippen LogP contribution >= 0.6 is 7.37 Å². The first-order chi connectivity index (χ1) is 9.99. The molecular formula is C15H19N2O3P. The molecule has 5 nitrogen and oxygen atoms in total. The third kappa shape index (κ3) is 3.16. The Hall–Kier alpha value is -1.68. The van der Waals surface area contributed by atoms with Crippen LogP contribution in [0, 0.1) is 0 Å². The van der Waals surface area contributed by atoms with Gasteiger partial charge in [0.25, 0.3) is 7.37 Å². The number of aliphatic hydroxyl groups excluding tert-OH is 1. The number of hydrogen-bond donors (Lipinski definition) is 1. The van der Waals surface area contributed by atoms with E-state index in [1.54, 1.807) is 36.7 Å². The molecule has 0 unspecified atom stereocenters. The highest BCUT2D eigenvalue weighted by Gasteiger charge is 2.35. The van der Waals surface area contributed by atoms with Gasteiger partial charge in [-0.05, 0) is 42.0 Å². The molecule has 1 heterocycles. The van der Waals surface area contributed by atoms with Crippen molar-refractivity contribution in [2.75, 3.05) is 26.1 Å². The standard InChI is InChI=1S/C15H19N2O3P/c1-17(2)13-4-6-14(7-5-13)21(19,20-3)15(18)12-8-10-16-11-9-12/h4-11,15,18H,1-3H3/t15-,21-/m0/s1. The molecule has 112 valence electrons. The molecule has 0 bridgehead atoms. The topological polar surface area (TPSA) is 62.7 Å². The zero-order valence-electron chi connectivity index (χ0n) is 12.3. The molecule has 0 saturated carbocycles. The van der Waals surface area contributed by atoms with Gasteiger partial charge in [-0.2, -0.15) is 0 Å². The van der Waals surface area contributed by atoms with Crippen LogP contribution in [-0.2, 0) is 9.09 Å². The Kier molecular flexibility index (Phi) is 4.78. The van der Waals surface area contributed by atoms with E-state index in [0.29, 0.717) is 10.9 Å². The van der Waals surface area contributed by atoms with Crippen LogP contribution in [0.2, 0.25) is 0 Å². The van der Waals surface area contributed by atoms with Gasteiger partial charge < -0.3 is 14.5 Å². The summed E-state index contributed by atoms with van der Waals surface area (Å²) in [6.07, 6.45) is 3.10. The molecule has 0 spiro atoms. The Morgan fingerprint density at radius 2 is 1.71 bits per heavy atom. The van der Waals surface area contributed by atoms with Gasteiger partial charge in [-0.3, -0.25) is 9.55 Å². The largest absolute Gasteiger partial charge is 0.378 e. The Bertz CT molecular complexity index is 629. The van der Waals surface area contributed by atoms with E-state index in [9.17, 15) is 9.67 Å². The molecule has 2 atom stereocenters. The van der Waals surface area contributed by atoms with Crippen LogP contribution in [0.25, 0.3) is 0 Å². The van der Waals surface area contributed by atoms with Crippen LogP contribution in [0.4, 0.5) is 5.69 Å². The van der Waals surface area contributed by atoms with Crippen molar-refractivity contribution in [2.24, 2.45) is 0 Å². The highest BCUT2D eigenvalue weighted by molar-refractivity contribution is 7.67. The Morgan fingerprint density at radius 3 is 2.19 bits per heavy atom. The fraction of sp³-hybridized carbons (Fsp3) is 0.267. The van der Waals surface area contributed by atoms with E-state index in [1.807, 2.05) is 31.1 Å². The molecule has 1 N–H and O–H groups in total. The summed E-state index contributed by atoms with van der Waals surface area (Å²) < 4.78 is 18.3. The smallest absolute Gasteiger partial charge is 0.263 e. The van der Waals surface area contributed by atoms with Crippen LogP contribution in [-0.4, -0.2) is 31.3 Å². The summed E-state index contributed by atoms with van der Waals surface area (Å²) in [5.41, 5.74) is 1.51. The van der Waals surface area contributed by atoms with E-state index in [0.717, 1.165) is 5.69 Å². The molecule has 0 saturated heterocycles. The number of hydrogen-bond acceptors (Lipinski definition) is 5. The van der Waals surface area contributed by atoms with Crippen molar-refractivity contribution in [3.8, 4) is 0 Å². The minimum atomic E-state index is -3.41. The maximum Gasteiger partial charge on any atom is 0.263 e. The molecule has 1 aromatic heterocycles. The van der Waals surface area contributed by atoms with E-state index >= 15 is 0 Å². The van der Waals surface area contributed by atoms with Gasteiger partial charge in [-0.15, -0.1) is 0 Å². The first-order valence-corrected chi connectivity index (χ1v) is 8.20. The molecule has 1 aromatic carbocycles. The molecule has 0 radical (unpaired) electrons. The lowest BCUT2D eigenvalue weighted by Gasteiger charge is -2.23. The summed E-state index contributed by atoms with van der Waals surface area (Å²) in [5, 5.41) is 10.9. The van der Waals surface area contributed by atoms with Gasteiger partial charge in [0.05, 0.1) is 0 Å². The van der Waals surface area contributed by atoms with Crippen molar-refractivity contribution < 1.29 is 14.2 Å². The van der Waals surface area contributed by atoms with E-state index in [4.69, 9.17) is 4.52 Å². The molecule has 0 aliphatic carbocycles. The molecule has 0 amide bonds. The molecule has 6 heteroatoms. The second kappa shape index (κ2) is 6.39. The molecule has 21 heavy (non-hydrogen) atoms. The lowest BCUT2D eigenvalue weighted by molar-refractivity contribution is 0.228. The third-order valence-corrected chi connectivity index (χ3v) is 5.83. The molecule has 2 rings (SSSR count). The number of rotatable bonds is 5. The lowest BCUT2D eigenvalue weighted by atomic mass is 10.3. The number of anilines is 1. The Balaban J connectivity index is 2.39. The summed E-state index contributed by atoms with van der Waals surface area (Å²) in [4.78, 5) is 5.84. The van der Waals surface area contributed by atoms with Crippen molar-refractivity contribution in [3.63, 3.8) is 0 Å². The fourth-order valence-electron chi connectivity index (χ4n) is 2.04. The zero-order valence-corrected chi connectivity index (χ0v) is 13.2. The van der Waals surface area contributed by atoms with Gasteiger partial charge in [0.1, 0.15) is 0 Å². The molecule has 2 aromatic rings. The third-order valence-electron chi connectivity index (χ3n) is 3.32. The first kappa shape index (κ1) is 15.7. The maximum atomic E-state index is 13.1. The van der Waals surface area contributed by atoms with Gasteiger partial charge in [0.15, 0.2) is 5.85 Å². The van der Waals surface area contributed by atoms with Crippen molar-refractivity contribution >= 4 is 18.4 Å². The number of pyridine rings is 1. The minimum absolute atomic E-state index is 0.486. The molecule has 0 fully saturated rings. The van der Waals surface area contributed by atoms with E-state index in [-0.39, 0.29) is 0 Å². The number of aliphatic hydroxyl groups is 1. The van der Waals surface area contributed by atoms with E-state index < -0.39 is 13.2 Å². The summed E-state index contributed by atoms with van der Waals surface area (Å²) in [6.45, 7) is 0.